The van der Waals surface area contributed by atoms with Gasteiger partial charge in [0.15, 0.2) is 0 Å². The Hall–Kier alpha value is -3.68. The van der Waals surface area contributed by atoms with Crippen molar-refractivity contribution in [2.75, 3.05) is 29.9 Å². The molecule has 0 atom stereocenters. The van der Waals surface area contributed by atoms with Gasteiger partial charge in [0.25, 0.3) is 0 Å². The number of nitrogens with zero attached hydrogens (tertiary/aromatic N) is 5. The highest BCUT2D eigenvalue weighted by molar-refractivity contribution is 6.15. The lowest BCUT2D eigenvalue weighted by molar-refractivity contribution is -0.106. The number of aliphatic imine (C=N–C) groups is 1. The van der Waals surface area contributed by atoms with Gasteiger partial charge in [-0.3, -0.25) is 19.8 Å². The minimum atomic E-state index is 0.419. The number of benzene rings is 1. The second-order valence-corrected chi connectivity index (χ2v) is 7.70. The van der Waals surface area contributed by atoms with E-state index in [-0.39, 0.29) is 0 Å². The number of anilines is 2. The van der Waals surface area contributed by atoms with E-state index >= 15 is 0 Å². The Morgan fingerprint density at radius 1 is 1.19 bits per heavy atom. The molecular formula is C23H27N7O. The number of aromatic nitrogens is 3. The number of amidine groups is 1. The van der Waals surface area contributed by atoms with E-state index in [0.29, 0.717) is 12.4 Å². The summed E-state index contributed by atoms with van der Waals surface area (Å²) in [5.41, 5.74) is 7.29. The minimum absolute atomic E-state index is 0.419. The van der Waals surface area contributed by atoms with Crippen molar-refractivity contribution >= 4 is 40.2 Å². The quantitative estimate of drug-likeness (QED) is 0.621. The fourth-order valence-corrected chi connectivity index (χ4v) is 4.01. The van der Waals surface area contributed by atoms with Gasteiger partial charge in [0.1, 0.15) is 11.4 Å². The fourth-order valence-electron chi connectivity index (χ4n) is 4.01. The molecular weight excluding hydrogens is 390 g/mol. The first kappa shape index (κ1) is 20.6. The number of para-hydroxylation sites is 1. The third-order valence-electron chi connectivity index (χ3n) is 5.72. The maximum Gasteiger partial charge on any atom is 0.219 e. The third-order valence-corrected chi connectivity index (χ3v) is 5.72. The SMILES string of the molecule is CCN(C)c1cccc(C)c1N(C=O)C1=NC(C)=C(c2cncc3n[nH]c(C)c23)NC1. The number of hydrogen-bond acceptors (Lipinski definition) is 6. The summed E-state index contributed by atoms with van der Waals surface area (Å²) in [7, 11) is 2.02. The van der Waals surface area contributed by atoms with Crippen LogP contribution in [0.3, 0.4) is 0 Å². The van der Waals surface area contributed by atoms with E-state index in [1.807, 2.05) is 52.2 Å². The minimum Gasteiger partial charge on any atom is -0.376 e. The highest BCUT2D eigenvalue weighted by atomic mass is 16.1. The van der Waals surface area contributed by atoms with Crippen LogP contribution in [-0.4, -0.2) is 47.6 Å². The predicted molar refractivity (Wildman–Crippen MR) is 125 cm³/mol. The Morgan fingerprint density at radius 3 is 2.71 bits per heavy atom. The highest BCUT2D eigenvalue weighted by Crippen LogP contribution is 2.33. The lowest BCUT2D eigenvalue weighted by atomic mass is 10.1. The molecule has 3 aromatic rings. The second-order valence-electron chi connectivity index (χ2n) is 7.70. The number of hydrogen-bond donors (Lipinski definition) is 2. The monoisotopic (exact) mass is 417 g/mol. The maximum absolute atomic E-state index is 12.2. The molecule has 0 radical (unpaired) electrons. The van der Waals surface area contributed by atoms with Crippen molar-refractivity contribution in [1.29, 1.82) is 0 Å². The number of rotatable bonds is 5. The van der Waals surface area contributed by atoms with Gasteiger partial charge < -0.3 is 10.2 Å². The van der Waals surface area contributed by atoms with E-state index in [1.165, 1.54) is 0 Å². The van der Waals surface area contributed by atoms with Crippen molar-refractivity contribution < 1.29 is 4.79 Å². The molecule has 2 aromatic heterocycles. The predicted octanol–water partition coefficient (Wildman–Crippen LogP) is 3.38. The number of pyridine rings is 1. The van der Waals surface area contributed by atoms with Gasteiger partial charge in [-0.25, -0.2) is 4.99 Å². The first-order valence-corrected chi connectivity index (χ1v) is 10.3. The van der Waals surface area contributed by atoms with Crippen molar-refractivity contribution in [1.82, 2.24) is 20.5 Å². The van der Waals surface area contributed by atoms with Crippen LogP contribution in [-0.2, 0) is 4.79 Å². The van der Waals surface area contributed by atoms with Gasteiger partial charge in [-0.15, -0.1) is 0 Å². The molecule has 0 spiro atoms. The van der Waals surface area contributed by atoms with Gasteiger partial charge in [0.05, 0.1) is 35.5 Å². The Morgan fingerprint density at radius 2 is 2.00 bits per heavy atom. The summed E-state index contributed by atoms with van der Waals surface area (Å²) in [6, 6.07) is 6.05. The van der Waals surface area contributed by atoms with Crippen molar-refractivity contribution in [3.8, 4) is 0 Å². The zero-order chi connectivity index (χ0) is 22.1. The van der Waals surface area contributed by atoms with E-state index in [4.69, 9.17) is 4.99 Å². The molecule has 160 valence electrons. The summed E-state index contributed by atoms with van der Waals surface area (Å²) in [6.45, 7) is 9.28. The summed E-state index contributed by atoms with van der Waals surface area (Å²) < 4.78 is 0. The van der Waals surface area contributed by atoms with Gasteiger partial charge in [0, 0.05) is 36.4 Å². The first-order chi connectivity index (χ1) is 15.0. The molecule has 0 bridgehead atoms. The zero-order valence-electron chi connectivity index (χ0n) is 18.5. The molecule has 8 nitrogen and oxygen atoms in total. The standard InChI is InChI=1S/C23H27N7O/c1-6-29(5)19-9-7-8-14(2)23(19)30(13-31)20-12-25-22(16(4)26-20)17-10-24-11-18-21(17)15(3)27-28-18/h7-11,13,25H,6,12H2,1-5H3,(H,27,28). The van der Waals surface area contributed by atoms with Crippen LogP contribution in [0, 0.1) is 13.8 Å². The molecule has 0 unspecified atom stereocenters. The van der Waals surface area contributed by atoms with Crippen LogP contribution in [0.25, 0.3) is 16.6 Å². The Labute approximate surface area is 181 Å². The molecule has 1 aromatic carbocycles. The number of carbonyl (C=O) groups excluding carboxylic acids is 1. The van der Waals surface area contributed by atoms with Crippen LogP contribution >= 0.6 is 0 Å². The lowest BCUT2D eigenvalue weighted by Gasteiger charge is -2.30. The van der Waals surface area contributed by atoms with Crippen LogP contribution in [0.4, 0.5) is 11.4 Å². The maximum atomic E-state index is 12.2. The molecule has 4 rings (SSSR count). The summed E-state index contributed by atoms with van der Waals surface area (Å²) in [5.74, 6) is 0.653. The number of amides is 1. The number of H-pyrrole nitrogens is 1. The van der Waals surface area contributed by atoms with E-state index in [0.717, 1.165) is 63.4 Å². The van der Waals surface area contributed by atoms with Crippen LogP contribution < -0.4 is 15.1 Å². The molecule has 0 saturated heterocycles. The smallest absolute Gasteiger partial charge is 0.219 e. The number of aryl methyl sites for hydroxylation is 2. The molecule has 31 heavy (non-hydrogen) atoms. The van der Waals surface area contributed by atoms with Gasteiger partial charge in [-0.1, -0.05) is 12.1 Å². The van der Waals surface area contributed by atoms with E-state index < -0.39 is 0 Å². The van der Waals surface area contributed by atoms with Crippen molar-refractivity contribution in [3.05, 3.63) is 53.1 Å². The highest BCUT2D eigenvalue weighted by Gasteiger charge is 2.24. The van der Waals surface area contributed by atoms with Crippen molar-refractivity contribution in [3.63, 3.8) is 0 Å². The molecule has 1 aliphatic rings. The summed E-state index contributed by atoms with van der Waals surface area (Å²) in [5, 5.41) is 11.8. The molecule has 0 saturated carbocycles. The third kappa shape index (κ3) is 3.54. The molecule has 0 aliphatic carbocycles. The molecule has 1 amide bonds. The normalized spacial score (nSPS) is 13.8. The number of fused-ring (bicyclic) bond motifs is 1. The van der Waals surface area contributed by atoms with E-state index in [1.54, 1.807) is 11.1 Å². The fraction of sp³-hybridized carbons (Fsp3) is 0.304. The molecule has 3 heterocycles. The number of aromatic amines is 1. The first-order valence-electron chi connectivity index (χ1n) is 10.3. The van der Waals surface area contributed by atoms with Crippen LogP contribution in [0.15, 0.2) is 41.3 Å². The molecule has 8 heteroatoms. The van der Waals surface area contributed by atoms with Gasteiger partial charge in [0.2, 0.25) is 6.41 Å². The zero-order valence-corrected chi connectivity index (χ0v) is 18.5. The van der Waals surface area contributed by atoms with Gasteiger partial charge in [-0.2, -0.15) is 5.10 Å². The second kappa shape index (κ2) is 8.22. The van der Waals surface area contributed by atoms with E-state index in [9.17, 15) is 4.79 Å². The molecule has 1 aliphatic heterocycles. The Balaban J connectivity index is 1.80. The van der Waals surface area contributed by atoms with Gasteiger partial charge in [-0.05, 0) is 39.3 Å². The van der Waals surface area contributed by atoms with Crippen molar-refractivity contribution in [2.45, 2.75) is 27.7 Å². The van der Waals surface area contributed by atoms with E-state index in [2.05, 4.69) is 32.3 Å². The average Bonchev–Trinajstić information content (AvgIpc) is 3.16. The Bertz CT molecular complexity index is 1210. The number of allylic oxidation sites excluding steroid dienone is 1. The van der Waals surface area contributed by atoms with Crippen LogP contribution in [0.1, 0.15) is 30.7 Å². The average molecular weight is 418 g/mol. The molecule has 2 N–H and O–H groups in total. The lowest BCUT2D eigenvalue weighted by Crippen LogP contribution is -2.40. The van der Waals surface area contributed by atoms with Crippen LogP contribution in [0.2, 0.25) is 0 Å². The van der Waals surface area contributed by atoms with Gasteiger partial charge >= 0.3 is 0 Å². The Kier molecular flexibility index (Phi) is 5.46. The van der Waals surface area contributed by atoms with Crippen molar-refractivity contribution in [2.24, 2.45) is 4.99 Å². The summed E-state index contributed by atoms with van der Waals surface area (Å²) in [4.78, 5) is 25.1. The topological polar surface area (TPSA) is 89.5 Å². The summed E-state index contributed by atoms with van der Waals surface area (Å²) in [6.07, 6.45) is 4.41. The largest absolute Gasteiger partial charge is 0.376 e. The van der Waals surface area contributed by atoms with Crippen LogP contribution in [0.5, 0.6) is 0 Å². The molecule has 0 fully saturated rings. The summed E-state index contributed by atoms with van der Waals surface area (Å²) >= 11 is 0. The number of carbonyl (C=O) groups is 1. The number of nitrogens with one attached hydrogen (secondary N) is 2.